The van der Waals surface area contributed by atoms with Crippen molar-refractivity contribution in [2.45, 2.75) is 33.1 Å². The number of rotatable bonds is 3. The van der Waals surface area contributed by atoms with Gasteiger partial charge in [-0.15, -0.1) is 0 Å². The van der Waals surface area contributed by atoms with Gasteiger partial charge in [0.15, 0.2) is 0 Å². The highest BCUT2D eigenvalue weighted by atomic mass is 35.5. The maximum Gasteiger partial charge on any atom is 0.0644 e. The summed E-state index contributed by atoms with van der Waals surface area (Å²) in [6.45, 7) is 7.27. The fourth-order valence-electron chi connectivity index (χ4n) is 2.99. The van der Waals surface area contributed by atoms with Crippen molar-refractivity contribution in [2.24, 2.45) is 11.7 Å². The van der Waals surface area contributed by atoms with Gasteiger partial charge in [-0.3, -0.25) is 0 Å². The maximum absolute atomic E-state index is 6.40. The second-order valence-electron chi connectivity index (χ2n) is 5.42. The van der Waals surface area contributed by atoms with Gasteiger partial charge >= 0.3 is 0 Å². The van der Waals surface area contributed by atoms with Crippen molar-refractivity contribution in [3.8, 4) is 0 Å². The molecule has 100 valence electrons. The maximum atomic E-state index is 6.40. The summed E-state index contributed by atoms with van der Waals surface area (Å²) in [5.41, 5.74) is 9.39. The van der Waals surface area contributed by atoms with Gasteiger partial charge in [0, 0.05) is 13.1 Å². The lowest BCUT2D eigenvalue weighted by Crippen LogP contribution is -2.34. The zero-order valence-electron chi connectivity index (χ0n) is 11.4. The summed E-state index contributed by atoms with van der Waals surface area (Å²) >= 11 is 6.40. The van der Waals surface area contributed by atoms with E-state index in [1.165, 1.54) is 29.7 Å². The first-order chi connectivity index (χ1) is 8.61. The van der Waals surface area contributed by atoms with Crippen LogP contribution in [0.1, 0.15) is 30.4 Å². The van der Waals surface area contributed by atoms with E-state index < -0.39 is 0 Å². The number of hydrogen-bond acceptors (Lipinski definition) is 2. The molecule has 18 heavy (non-hydrogen) atoms. The topological polar surface area (TPSA) is 29.3 Å². The van der Waals surface area contributed by atoms with Crippen LogP contribution in [0.15, 0.2) is 12.1 Å². The number of halogens is 1. The summed E-state index contributed by atoms with van der Waals surface area (Å²) in [5, 5.41) is 0.893. The van der Waals surface area contributed by atoms with Crippen LogP contribution in [0, 0.1) is 19.8 Å². The molecule has 1 aromatic rings. The predicted octanol–water partition coefficient (Wildman–Crippen LogP) is 3.52. The molecule has 0 spiro atoms. The summed E-state index contributed by atoms with van der Waals surface area (Å²) < 4.78 is 0. The summed E-state index contributed by atoms with van der Waals surface area (Å²) in [4.78, 5) is 2.43. The first-order valence-corrected chi connectivity index (χ1v) is 7.21. The van der Waals surface area contributed by atoms with Crippen LogP contribution in [-0.2, 0) is 0 Å². The van der Waals surface area contributed by atoms with Crippen molar-refractivity contribution in [3.63, 3.8) is 0 Å². The van der Waals surface area contributed by atoms with Crippen LogP contribution < -0.4 is 10.6 Å². The molecule has 1 fully saturated rings. The highest BCUT2D eigenvalue weighted by Gasteiger charge is 2.21. The first kappa shape index (κ1) is 13.7. The molecule has 0 aromatic heterocycles. The van der Waals surface area contributed by atoms with Gasteiger partial charge in [0.1, 0.15) is 0 Å². The lowest BCUT2D eigenvalue weighted by molar-refractivity contribution is 0.386. The molecule has 0 atom stereocenters. The largest absolute Gasteiger partial charge is 0.370 e. The van der Waals surface area contributed by atoms with Gasteiger partial charge in [0.25, 0.3) is 0 Å². The molecule has 0 aliphatic carbocycles. The highest BCUT2D eigenvalue weighted by molar-refractivity contribution is 6.33. The lowest BCUT2D eigenvalue weighted by Gasteiger charge is -2.35. The zero-order chi connectivity index (χ0) is 13.1. The summed E-state index contributed by atoms with van der Waals surface area (Å²) in [7, 11) is 0. The van der Waals surface area contributed by atoms with Crippen LogP contribution in [-0.4, -0.2) is 19.6 Å². The van der Waals surface area contributed by atoms with E-state index in [-0.39, 0.29) is 0 Å². The van der Waals surface area contributed by atoms with Crippen LogP contribution in [0.4, 0.5) is 5.69 Å². The molecular formula is C15H23ClN2. The molecule has 3 heteroatoms. The van der Waals surface area contributed by atoms with Crippen molar-refractivity contribution in [1.29, 1.82) is 0 Å². The van der Waals surface area contributed by atoms with Crippen molar-refractivity contribution in [2.75, 3.05) is 24.5 Å². The van der Waals surface area contributed by atoms with E-state index in [2.05, 4.69) is 30.9 Å². The number of anilines is 1. The minimum Gasteiger partial charge on any atom is -0.370 e. The van der Waals surface area contributed by atoms with Gasteiger partial charge in [0.05, 0.1) is 10.7 Å². The fourth-order valence-corrected chi connectivity index (χ4v) is 3.43. The lowest BCUT2D eigenvalue weighted by atomic mass is 9.93. The van der Waals surface area contributed by atoms with Gasteiger partial charge in [-0.2, -0.15) is 0 Å². The van der Waals surface area contributed by atoms with Crippen LogP contribution in [0.3, 0.4) is 0 Å². The average molecular weight is 267 g/mol. The molecule has 1 heterocycles. The third-order valence-electron chi connectivity index (χ3n) is 3.90. The Bertz CT molecular complexity index is 386. The minimum atomic E-state index is 0.802. The van der Waals surface area contributed by atoms with Gasteiger partial charge in [-0.1, -0.05) is 17.7 Å². The van der Waals surface area contributed by atoms with Crippen LogP contribution in [0.2, 0.25) is 5.02 Å². The molecule has 1 saturated heterocycles. The number of benzene rings is 1. The zero-order valence-corrected chi connectivity index (χ0v) is 12.1. The van der Waals surface area contributed by atoms with E-state index in [1.54, 1.807) is 0 Å². The molecule has 1 aliphatic rings. The average Bonchev–Trinajstić information content (AvgIpc) is 2.30. The van der Waals surface area contributed by atoms with Crippen LogP contribution >= 0.6 is 11.6 Å². The molecule has 0 radical (unpaired) electrons. The first-order valence-electron chi connectivity index (χ1n) is 6.83. The number of nitrogens with two attached hydrogens (primary N) is 1. The second kappa shape index (κ2) is 5.94. The molecule has 0 bridgehead atoms. The van der Waals surface area contributed by atoms with Crippen molar-refractivity contribution < 1.29 is 0 Å². The summed E-state index contributed by atoms with van der Waals surface area (Å²) in [5.74, 6) is 0.802. The Balaban J connectivity index is 2.10. The van der Waals surface area contributed by atoms with Crippen molar-refractivity contribution in [3.05, 3.63) is 28.3 Å². The van der Waals surface area contributed by atoms with Gasteiger partial charge < -0.3 is 10.6 Å². The van der Waals surface area contributed by atoms with Gasteiger partial charge in [-0.25, -0.2) is 0 Å². The summed E-state index contributed by atoms with van der Waals surface area (Å²) in [6.07, 6.45) is 3.64. The van der Waals surface area contributed by atoms with Gasteiger partial charge in [0.2, 0.25) is 0 Å². The molecule has 0 amide bonds. The normalized spacial score (nSPS) is 17.2. The Hall–Kier alpha value is -0.730. The van der Waals surface area contributed by atoms with E-state index in [9.17, 15) is 0 Å². The third-order valence-corrected chi connectivity index (χ3v) is 4.19. The van der Waals surface area contributed by atoms with Crippen molar-refractivity contribution in [1.82, 2.24) is 0 Å². The predicted molar refractivity (Wildman–Crippen MR) is 79.5 cm³/mol. The number of aryl methyl sites for hydroxylation is 2. The monoisotopic (exact) mass is 266 g/mol. The van der Waals surface area contributed by atoms with E-state index in [1.807, 2.05) is 0 Å². The Morgan fingerprint density at radius 1 is 1.28 bits per heavy atom. The standard InChI is InChI=1S/C15H23ClN2/c1-11-9-12(2)15(14(16)10-11)18-7-4-13(3-6-17)5-8-18/h9-10,13H,3-8,17H2,1-2H3. The SMILES string of the molecule is Cc1cc(C)c(N2CCC(CCN)CC2)c(Cl)c1. The Morgan fingerprint density at radius 3 is 2.50 bits per heavy atom. The Kier molecular flexibility index (Phi) is 4.52. The van der Waals surface area contributed by atoms with Crippen LogP contribution in [0.25, 0.3) is 0 Å². The van der Waals surface area contributed by atoms with Gasteiger partial charge in [-0.05, 0) is 62.8 Å². The molecule has 1 aromatic carbocycles. The molecule has 0 saturated carbocycles. The molecule has 2 N–H and O–H groups in total. The third kappa shape index (κ3) is 2.99. The number of nitrogens with zero attached hydrogens (tertiary/aromatic N) is 1. The van der Waals surface area contributed by atoms with E-state index in [0.717, 1.165) is 37.0 Å². The molecule has 1 aliphatic heterocycles. The number of hydrogen-bond donors (Lipinski definition) is 1. The highest BCUT2D eigenvalue weighted by Crippen LogP contribution is 2.34. The fraction of sp³-hybridized carbons (Fsp3) is 0.600. The Morgan fingerprint density at radius 2 is 1.94 bits per heavy atom. The van der Waals surface area contributed by atoms with E-state index in [4.69, 9.17) is 17.3 Å². The molecular weight excluding hydrogens is 244 g/mol. The Labute approximate surface area is 115 Å². The molecule has 0 unspecified atom stereocenters. The molecule has 2 nitrogen and oxygen atoms in total. The quantitative estimate of drug-likeness (QED) is 0.907. The van der Waals surface area contributed by atoms with E-state index >= 15 is 0 Å². The van der Waals surface area contributed by atoms with Crippen LogP contribution in [0.5, 0.6) is 0 Å². The molecule has 2 rings (SSSR count). The van der Waals surface area contributed by atoms with Crippen molar-refractivity contribution >= 4 is 17.3 Å². The number of piperidine rings is 1. The minimum absolute atomic E-state index is 0.802. The smallest absolute Gasteiger partial charge is 0.0644 e. The second-order valence-corrected chi connectivity index (χ2v) is 5.83. The van der Waals surface area contributed by atoms with E-state index in [0.29, 0.717) is 0 Å². The summed E-state index contributed by atoms with van der Waals surface area (Å²) in [6, 6.07) is 4.28.